The molecule has 1 unspecified atom stereocenters. The zero-order chi connectivity index (χ0) is 17.4. The van der Waals surface area contributed by atoms with Crippen LogP contribution in [0.25, 0.3) is 0 Å². The fraction of sp³-hybridized carbons (Fsp3) is 0.471. The lowest BCUT2D eigenvalue weighted by Crippen LogP contribution is -2.43. The summed E-state index contributed by atoms with van der Waals surface area (Å²) < 4.78 is 0. The third-order valence-corrected chi connectivity index (χ3v) is 4.09. The molecule has 4 N–H and O–H groups in total. The Morgan fingerprint density at radius 2 is 1.91 bits per heavy atom. The maximum absolute atomic E-state index is 12.8. The van der Waals surface area contributed by atoms with Crippen LogP contribution in [0.1, 0.15) is 49.7 Å². The molecule has 2 amide bonds. The van der Waals surface area contributed by atoms with Crippen LogP contribution in [-0.2, 0) is 4.79 Å². The van der Waals surface area contributed by atoms with E-state index < -0.39 is 11.3 Å². The number of amides is 2. The molecule has 1 heterocycles. The van der Waals surface area contributed by atoms with Crippen molar-refractivity contribution < 1.29 is 9.59 Å². The summed E-state index contributed by atoms with van der Waals surface area (Å²) >= 11 is 0. The third-order valence-electron chi connectivity index (χ3n) is 4.09. The first-order valence-electron chi connectivity index (χ1n) is 7.70. The van der Waals surface area contributed by atoms with Gasteiger partial charge in [0.05, 0.1) is 11.5 Å². The van der Waals surface area contributed by atoms with Crippen molar-refractivity contribution in [3.8, 4) is 0 Å². The van der Waals surface area contributed by atoms with E-state index in [1.165, 1.54) is 0 Å². The third kappa shape index (κ3) is 3.06. The van der Waals surface area contributed by atoms with Crippen LogP contribution >= 0.6 is 0 Å². The number of nitrogens with two attached hydrogens (primary N) is 2. The molecule has 1 aliphatic heterocycles. The first kappa shape index (κ1) is 17.0. The number of benzene rings is 1. The first-order valence-corrected chi connectivity index (χ1v) is 7.70. The van der Waals surface area contributed by atoms with E-state index in [9.17, 15) is 9.59 Å². The minimum Gasteiger partial charge on any atom is -0.370 e. The molecule has 0 saturated carbocycles. The predicted molar refractivity (Wildman–Crippen MR) is 89.7 cm³/mol. The molecule has 2 rings (SSSR count). The van der Waals surface area contributed by atoms with Crippen LogP contribution in [0, 0.1) is 11.3 Å². The van der Waals surface area contributed by atoms with Gasteiger partial charge in [0.15, 0.2) is 5.96 Å². The van der Waals surface area contributed by atoms with E-state index in [1.54, 1.807) is 24.8 Å². The normalized spacial score (nSPS) is 17.3. The summed E-state index contributed by atoms with van der Waals surface area (Å²) in [5, 5.41) is 0. The summed E-state index contributed by atoms with van der Waals surface area (Å²) in [4.78, 5) is 30.7. The Morgan fingerprint density at radius 1 is 1.30 bits per heavy atom. The van der Waals surface area contributed by atoms with Crippen molar-refractivity contribution in [3.05, 3.63) is 35.4 Å². The fourth-order valence-corrected chi connectivity index (χ4v) is 3.11. The highest BCUT2D eigenvalue weighted by Gasteiger charge is 2.48. The largest absolute Gasteiger partial charge is 0.370 e. The summed E-state index contributed by atoms with van der Waals surface area (Å²) in [5.74, 6) is -0.466. The van der Waals surface area contributed by atoms with Crippen LogP contribution in [0.4, 0.5) is 0 Å². The smallest absolute Gasteiger partial charge is 0.256 e. The molecule has 1 aliphatic rings. The predicted octanol–water partition coefficient (Wildman–Crippen LogP) is 1.67. The number of rotatable bonds is 4. The molecule has 124 valence electrons. The van der Waals surface area contributed by atoms with E-state index in [-0.39, 0.29) is 23.8 Å². The number of carbonyl (C=O) groups excluding carboxylic acids is 2. The van der Waals surface area contributed by atoms with Crippen molar-refractivity contribution in [2.24, 2.45) is 27.8 Å². The van der Waals surface area contributed by atoms with E-state index in [4.69, 9.17) is 11.5 Å². The molecule has 0 fully saturated rings. The quantitative estimate of drug-likeness (QED) is 0.651. The maximum atomic E-state index is 12.8. The van der Waals surface area contributed by atoms with Crippen LogP contribution in [-0.4, -0.2) is 29.2 Å². The number of hydrogen-bond donors (Lipinski definition) is 2. The summed E-state index contributed by atoms with van der Waals surface area (Å²) in [7, 11) is 0. The standard InChI is InChI=1S/C17H24N4O2/c1-10(2)9-21-13(17(3,4)15(23)20-16(18)19)11-7-5-6-8-12(11)14(21)22/h5-8,10,13H,9H2,1-4H3,(H4,18,19,20,23). The van der Waals surface area contributed by atoms with E-state index >= 15 is 0 Å². The Bertz CT molecular complexity index is 660. The summed E-state index contributed by atoms with van der Waals surface area (Å²) in [6, 6.07) is 7.01. The zero-order valence-electron chi connectivity index (χ0n) is 14.0. The Labute approximate surface area is 136 Å². The van der Waals surface area contributed by atoms with Crippen molar-refractivity contribution in [3.63, 3.8) is 0 Å². The van der Waals surface area contributed by atoms with Crippen LogP contribution in [0.15, 0.2) is 29.3 Å². The van der Waals surface area contributed by atoms with Gasteiger partial charge in [0.25, 0.3) is 11.8 Å². The molecule has 1 aromatic carbocycles. The lowest BCUT2D eigenvalue weighted by Gasteiger charge is -2.36. The monoisotopic (exact) mass is 316 g/mol. The molecular formula is C17H24N4O2. The molecule has 0 aromatic heterocycles. The molecular weight excluding hydrogens is 292 g/mol. The van der Waals surface area contributed by atoms with Gasteiger partial charge in [-0.1, -0.05) is 32.0 Å². The van der Waals surface area contributed by atoms with Crippen LogP contribution in [0.2, 0.25) is 0 Å². The highest BCUT2D eigenvalue weighted by molar-refractivity contribution is 6.01. The zero-order valence-corrected chi connectivity index (χ0v) is 14.0. The van der Waals surface area contributed by atoms with Crippen LogP contribution in [0.3, 0.4) is 0 Å². The van der Waals surface area contributed by atoms with Gasteiger partial charge in [0.1, 0.15) is 0 Å². The van der Waals surface area contributed by atoms with Crippen LogP contribution in [0.5, 0.6) is 0 Å². The van der Waals surface area contributed by atoms with Gasteiger partial charge in [0.2, 0.25) is 0 Å². The van der Waals surface area contributed by atoms with Gasteiger partial charge in [-0.25, -0.2) is 0 Å². The molecule has 6 heteroatoms. The number of aliphatic imine (C=N–C) groups is 1. The average Bonchev–Trinajstić information content (AvgIpc) is 2.71. The number of guanidine groups is 1. The SMILES string of the molecule is CC(C)CN1C(=O)c2ccccc2C1C(C)(C)C(=O)N=C(N)N. The van der Waals surface area contributed by atoms with E-state index in [2.05, 4.69) is 4.99 Å². The lowest BCUT2D eigenvalue weighted by atomic mass is 9.79. The number of nitrogens with zero attached hydrogens (tertiary/aromatic N) is 2. The molecule has 1 aromatic rings. The topological polar surface area (TPSA) is 102 Å². The first-order chi connectivity index (χ1) is 10.7. The molecule has 0 radical (unpaired) electrons. The Balaban J connectivity index is 2.53. The molecule has 23 heavy (non-hydrogen) atoms. The number of hydrogen-bond acceptors (Lipinski definition) is 2. The van der Waals surface area contributed by atoms with Crippen LogP contribution < -0.4 is 11.5 Å². The molecule has 6 nitrogen and oxygen atoms in total. The van der Waals surface area contributed by atoms with Gasteiger partial charge in [-0.05, 0) is 31.4 Å². The highest BCUT2D eigenvalue weighted by Crippen LogP contribution is 2.46. The van der Waals surface area contributed by atoms with E-state index in [1.807, 2.05) is 32.0 Å². The van der Waals surface area contributed by atoms with Gasteiger partial charge >= 0.3 is 0 Å². The summed E-state index contributed by atoms with van der Waals surface area (Å²) in [5.41, 5.74) is 11.3. The van der Waals surface area contributed by atoms with E-state index in [0.717, 1.165) is 5.56 Å². The average molecular weight is 316 g/mol. The molecule has 0 bridgehead atoms. The Hall–Kier alpha value is -2.37. The summed E-state index contributed by atoms with van der Waals surface area (Å²) in [6.45, 7) is 8.19. The molecule has 0 spiro atoms. The Kier molecular flexibility index (Phi) is 4.45. The van der Waals surface area contributed by atoms with Gasteiger partial charge in [-0.2, -0.15) is 4.99 Å². The van der Waals surface area contributed by atoms with Crippen molar-refractivity contribution in [2.45, 2.75) is 33.7 Å². The van der Waals surface area contributed by atoms with Gasteiger partial charge < -0.3 is 16.4 Å². The van der Waals surface area contributed by atoms with Crippen molar-refractivity contribution in [1.29, 1.82) is 0 Å². The van der Waals surface area contributed by atoms with Crippen molar-refractivity contribution in [1.82, 2.24) is 4.90 Å². The Morgan fingerprint density at radius 3 is 2.48 bits per heavy atom. The second-order valence-corrected chi connectivity index (χ2v) is 6.90. The summed E-state index contributed by atoms with van der Waals surface area (Å²) in [6.07, 6.45) is 0. The molecule has 0 saturated heterocycles. The molecule has 0 aliphatic carbocycles. The van der Waals surface area contributed by atoms with Crippen molar-refractivity contribution in [2.75, 3.05) is 6.54 Å². The minimum atomic E-state index is -0.929. The maximum Gasteiger partial charge on any atom is 0.256 e. The van der Waals surface area contributed by atoms with Gasteiger partial charge in [-0.3, -0.25) is 9.59 Å². The van der Waals surface area contributed by atoms with Gasteiger partial charge in [0, 0.05) is 12.1 Å². The fourth-order valence-electron chi connectivity index (χ4n) is 3.11. The second-order valence-electron chi connectivity index (χ2n) is 6.90. The second kappa shape index (κ2) is 6.02. The van der Waals surface area contributed by atoms with Gasteiger partial charge in [-0.15, -0.1) is 0 Å². The van der Waals surface area contributed by atoms with Crippen molar-refractivity contribution >= 4 is 17.8 Å². The highest BCUT2D eigenvalue weighted by atomic mass is 16.2. The number of fused-ring (bicyclic) bond motifs is 1. The molecule has 1 atom stereocenters. The lowest BCUT2D eigenvalue weighted by molar-refractivity contribution is -0.128. The van der Waals surface area contributed by atoms with E-state index in [0.29, 0.717) is 12.1 Å². The minimum absolute atomic E-state index is 0.0510. The number of carbonyl (C=O) groups is 2.